The molecule has 0 spiro atoms. The molecule has 0 saturated heterocycles. The van der Waals surface area contributed by atoms with E-state index in [1.807, 2.05) is 0 Å². The van der Waals surface area contributed by atoms with Gasteiger partial charge in [0.15, 0.2) is 0 Å². The van der Waals surface area contributed by atoms with Crippen molar-refractivity contribution in [1.29, 1.82) is 0 Å². The fourth-order valence-electron chi connectivity index (χ4n) is 4.15. The highest BCUT2D eigenvalue weighted by molar-refractivity contribution is 5.38. The van der Waals surface area contributed by atoms with Crippen molar-refractivity contribution in [2.24, 2.45) is 0 Å². The first kappa shape index (κ1) is 30.7. The van der Waals surface area contributed by atoms with Gasteiger partial charge >= 0.3 is 0 Å². The summed E-state index contributed by atoms with van der Waals surface area (Å²) in [5.74, 6) is 0. The SMILES string of the molecule is CCCCCCCCCCCCCCCCCCc1ccc(C)c(C)c1C.[Cl-].[NH4+]. The number of halogens is 1. The van der Waals surface area contributed by atoms with Crippen LogP contribution in [0.3, 0.4) is 0 Å². The van der Waals surface area contributed by atoms with Gasteiger partial charge in [-0.05, 0) is 55.9 Å². The molecular weight excluding hydrogens is 374 g/mol. The van der Waals surface area contributed by atoms with E-state index >= 15 is 0 Å². The van der Waals surface area contributed by atoms with Gasteiger partial charge in [0.1, 0.15) is 0 Å². The fraction of sp³-hybridized carbons (Fsp3) is 0.778. The molecule has 0 aromatic heterocycles. The van der Waals surface area contributed by atoms with Gasteiger partial charge in [0.05, 0.1) is 0 Å². The zero-order valence-corrected chi connectivity index (χ0v) is 21.3. The molecule has 1 aromatic carbocycles. The van der Waals surface area contributed by atoms with E-state index in [0.29, 0.717) is 0 Å². The summed E-state index contributed by atoms with van der Waals surface area (Å²) in [5, 5.41) is 0. The van der Waals surface area contributed by atoms with Crippen molar-refractivity contribution in [3.8, 4) is 0 Å². The van der Waals surface area contributed by atoms with Crippen molar-refractivity contribution in [3.05, 3.63) is 34.4 Å². The molecule has 172 valence electrons. The molecule has 0 unspecified atom stereocenters. The zero-order chi connectivity index (χ0) is 19.7. The van der Waals surface area contributed by atoms with E-state index < -0.39 is 0 Å². The summed E-state index contributed by atoms with van der Waals surface area (Å²) in [4.78, 5) is 0. The van der Waals surface area contributed by atoms with Crippen molar-refractivity contribution < 1.29 is 12.4 Å². The molecule has 29 heavy (non-hydrogen) atoms. The van der Waals surface area contributed by atoms with E-state index in [9.17, 15) is 0 Å². The highest BCUT2D eigenvalue weighted by Crippen LogP contribution is 2.20. The summed E-state index contributed by atoms with van der Waals surface area (Å²) < 4.78 is 0. The number of benzene rings is 1. The minimum atomic E-state index is 0. The Morgan fingerprint density at radius 2 is 0.897 bits per heavy atom. The molecule has 0 aliphatic heterocycles. The van der Waals surface area contributed by atoms with Crippen LogP contribution in [0.2, 0.25) is 0 Å². The minimum absolute atomic E-state index is 0. The predicted octanol–water partition coefficient (Wildman–Crippen LogP) is 6.80. The average molecular weight is 426 g/mol. The highest BCUT2D eigenvalue weighted by atomic mass is 35.5. The number of unbranched alkanes of at least 4 members (excludes halogenated alkanes) is 15. The summed E-state index contributed by atoms with van der Waals surface area (Å²) in [6.07, 6.45) is 24.4. The molecule has 4 N–H and O–H groups in total. The molecule has 1 aromatic rings. The van der Waals surface area contributed by atoms with E-state index in [2.05, 4.69) is 39.8 Å². The second-order valence-corrected chi connectivity index (χ2v) is 8.84. The molecule has 1 nitrogen and oxygen atoms in total. The van der Waals surface area contributed by atoms with Crippen LogP contribution in [0.1, 0.15) is 132 Å². The van der Waals surface area contributed by atoms with Gasteiger partial charge in [-0.25, -0.2) is 0 Å². The Kier molecular flexibility index (Phi) is 21.9. The first-order valence-corrected chi connectivity index (χ1v) is 12.2. The van der Waals surface area contributed by atoms with E-state index in [1.54, 1.807) is 5.56 Å². The second-order valence-electron chi connectivity index (χ2n) is 8.84. The van der Waals surface area contributed by atoms with Crippen molar-refractivity contribution in [2.75, 3.05) is 0 Å². The molecule has 0 saturated carbocycles. The Labute approximate surface area is 189 Å². The van der Waals surface area contributed by atoms with Crippen LogP contribution < -0.4 is 18.6 Å². The van der Waals surface area contributed by atoms with Crippen LogP contribution in [0.25, 0.3) is 0 Å². The predicted molar refractivity (Wildman–Crippen MR) is 130 cm³/mol. The molecule has 1 rings (SSSR count). The number of hydrogen-bond acceptors (Lipinski definition) is 0. The van der Waals surface area contributed by atoms with Crippen LogP contribution in [0.15, 0.2) is 12.1 Å². The van der Waals surface area contributed by atoms with Crippen LogP contribution in [-0.2, 0) is 6.42 Å². The second kappa shape index (κ2) is 20.7. The van der Waals surface area contributed by atoms with E-state index in [-0.39, 0.29) is 18.6 Å². The Bertz CT molecular complexity index is 484. The quantitative estimate of drug-likeness (QED) is 0.266. The number of aryl methyl sites for hydroxylation is 2. The lowest BCUT2D eigenvalue weighted by atomic mass is 9.95. The van der Waals surface area contributed by atoms with Gasteiger partial charge in [-0.2, -0.15) is 0 Å². The van der Waals surface area contributed by atoms with Gasteiger partial charge in [0.2, 0.25) is 0 Å². The monoisotopic (exact) mass is 425 g/mol. The average Bonchev–Trinajstić information content (AvgIpc) is 2.67. The number of quaternary nitrogens is 1. The van der Waals surface area contributed by atoms with Crippen LogP contribution in [0, 0.1) is 20.8 Å². The van der Waals surface area contributed by atoms with Crippen LogP contribution >= 0.6 is 0 Å². The smallest absolute Gasteiger partial charge is 0.0276 e. The summed E-state index contributed by atoms with van der Waals surface area (Å²) in [7, 11) is 0. The lowest BCUT2D eigenvalue weighted by molar-refractivity contribution is -0.00000653. The topological polar surface area (TPSA) is 36.5 Å². The van der Waals surface area contributed by atoms with Crippen molar-refractivity contribution in [3.63, 3.8) is 0 Å². The summed E-state index contributed by atoms with van der Waals surface area (Å²) in [6.45, 7) is 9.08. The first-order chi connectivity index (χ1) is 13.2. The third-order valence-corrected chi connectivity index (χ3v) is 6.47. The van der Waals surface area contributed by atoms with E-state index in [1.165, 1.54) is 126 Å². The molecule has 0 heterocycles. The standard InChI is InChI=1S/C27H48.ClH.H3N/c1-5-6-7-8-9-10-11-12-13-14-15-16-17-18-19-20-21-27-23-22-24(2)25(3)26(27)4;;/h22-23H,5-21H2,1-4H3;1H;1H3. The van der Waals surface area contributed by atoms with Crippen molar-refractivity contribution in [1.82, 2.24) is 6.15 Å². The summed E-state index contributed by atoms with van der Waals surface area (Å²) in [6, 6.07) is 4.65. The number of rotatable bonds is 17. The van der Waals surface area contributed by atoms with E-state index in [4.69, 9.17) is 0 Å². The lowest BCUT2D eigenvalue weighted by Gasteiger charge is -2.11. The summed E-state index contributed by atoms with van der Waals surface area (Å²) >= 11 is 0. The number of hydrogen-bond donors (Lipinski definition) is 1. The maximum Gasteiger partial charge on any atom is -0.0276 e. The lowest BCUT2D eigenvalue weighted by Crippen LogP contribution is -3.00. The van der Waals surface area contributed by atoms with Gasteiger partial charge in [-0.1, -0.05) is 115 Å². The zero-order valence-electron chi connectivity index (χ0n) is 20.6. The summed E-state index contributed by atoms with van der Waals surface area (Å²) in [5.41, 5.74) is 6.02. The van der Waals surface area contributed by atoms with Crippen molar-refractivity contribution in [2.45, 2.75) is 137 Å². The first-order valence-electron chi connectivity index (χ1n) is 12.2. The van der Waals surface area contributed by atoms with Crippen molar-refractivity contribution >= 4 is 0 Å². The molecule has 0 fully saturated rings. The van der Waals surface area contributed by atoms with Gasteiger partial charge < -0.3 is 18.6 Å². The maximum absolute atomic E-state index is 2.35. The Morgan fingerprint density at radius 1 is 0.517 bits per heavy atom. The van der Waals surface area contributed by atoms with Gasteiger partial charge in [0, 0.05) is 0 Å². The molecule has 0 atom stereocenters. The Hall–Kier alpha value is -0.530. The largest absolute Gasteiger partial charge is 1.00 e. The minimum Gasteiger partial charge on any atom is -1.00 e. The third kappa shape index (κ3) is 15.0. The molecular formula is C27H52ClN. The fourth-order valence-corrected chi connectivity index (χ4v) is 4.15. The van der Waals surface area contributed by atoms with Crippen LogP contribution in [-0.4, -0.2) is 0 Å². The molecule has 0 aliphatic rings. The Morgan fingerprint density at radius 3 is 1.31 bits per heavy atom. The maximum atomic E-state index is 2.35. The normalized spacial score (nSPS) is 10.5. The molecule has 0 bridgehead atoms. The molecule has 0 aliphatic carbocycles. The third-order valence-electron chi connectivity index (χ3n) is 6.47. The molecule has 0 radical (unpaired) electrons. The van der Waals surface area contributed by atoms with Crippen LogP contribution in [0.5, 0.6) is 0 Å². The van der Waals surface area contributed by atoms with Crippen LogP contribution in [0.4, 0.5) is 0 Å². The van der Waals surface area contributed by atoms with Gasteiger partial charge in [-0.3, -0.25) is 0 Å². The van der Waals surface area contributed by atoms with Gasteiger partial charge in [-0.15, -0.1) is 0 Å². The molecule has 0 amide bonds. The Balaban J connectivity index is 0. The van der Waals surface area contributed by atoms with Gasteiger partial charge in [0.25, 0.3) is 0 Å². The highest BCUT2D eigenvalue weighted by Gasteiger charge is 2.03. The van der Waals surface area contributed by atoms with E-state index in [0.717, 1.165) is 0 Å². The molecule has 2 heteroatoms.